The number of nitrogens with one attached hydrogen (secondary N) is 2. The van der Waals surface area contributed by atoms with E-state index in [0.717, 1.165) is 61.1 Å². The molecule has 35 heavy (non-hydrogen) atoms. The number of anilines is 2. The molecule has 2 aromatic rings. The van der Waals surface area contributed by atoms with Gasteiger partial charge < -0.3 is 15.4 Å². The number of thioether (sulfide) groups is 1. The van der Waals surface area contributed by atoms with E-state index in [0.29, 0.717) is 23.4 Å². The van der Waals surface area contributed by atoms with Gasteiger partial charge in [0.05, 0.1) is 17.9 Å². The maximum atomic E-state index is 13.3. The molecule has 1 aromatic carbocycles. The maximum Gasteiger partial charge on any atom is 0.341 e. The van der Waals surface area contributed by atoms with Crippen molar-refractivity contribution in [3.05, 3.63) is 40.3 Å². The van der Waals surface area contributed by atoms with Crippen LogP contribution in [0.5, 0.6) is 0 Å². The molecule has 3 rings (SSSR count). The van der Waals surface area contributed by atoms with Gasteiger partial charge in [-0.3, -0.25) is 9.59 Å². The van der Waals surface area contributed by atoms with Gasteiger partial charge in [0.2, 0.25) is 11.8 Å². The number of amides is 2. The highest BCUT2D eigenvalue weighted by atomic mass is 32.2. The van der Waals surface area contributed by atoms with Crippen molar-refractivity contribution in [2.75, 3.05) is 17.7 Å². The molecule has 2 N–H and O–H groups in total. The summed E-state index contributed by atoms with van der Waals surface area (Å²) in [6.07, 6.45) is 9.23. The van der Waals surface area contributed by atoms with Gasteiger partial charge in [-0.15, -0.1) is 23.1 Å². The standard InChI is InChI=1S/C27H36N2O4S2/c1-4-6-16-23(30)28-18-12-11-13-19(17-18)34-21(5-2)25(31)29-26-24(27(32)33-3)20-14-9-7-8-10-15-22(20)35-26/h11-13,17,21H,4-10,14-16H2,1-3H3,(H,28,30)(H,29,31). The van der Waals surface area contributed by atoms with E-state index in [1.54, 1.807) is 0 Å². The summed E-state index contributed by atoms with van der Waals surface area (Å²) >= 11 is 2.98. The molecule has 0 aliphatic heterocycles. The predicted molar refractivity (Wildman–Crippen MR) is 145 cm³/mol. The monoisotopic (exact) mass is 516 g/mol. The van der Waals surface area contributed by atoms with Crippen LogP contribution in [-0.2, 0) is 27.2 Å². The van der Waals surface area contributed by atoms with E-state index < -0.39 is 0 Å². The number of carbonyl (C=O) groups excluding carboxylic acids is 3. The number of thiophene rings is 1. The third-order valence-electron chi connectivity index (χ3n) is 6.11. The van der Waals surface area contributed by atoms with E-state index in [-0.39, 0.29) is 23.0 Å². The summed E-state index contributed by atoms with van der Waals surface area (Å²) in [5.41, 5.74) is 2.31. The van der Waals surface area contributed by atoms with Crippen LogP contribution in [0.15, 0.2) is 29.2 Å². The summed E-state index contributed by atoms with van der Waals surface area (Å²) in [5.74, 6) is -0.512. The minimum absolute atomic E-state index is 0.00221. The molecule has 6 nitrogen and oxygen atoms in total. The zero-order valence-corrected chi connectivity index (χ0v) is 22.5. The third-order valence-corrected chi connectivity index (χ3v) is 8.68. The largest absolute Gasteiger partial charge is 0.465 e. The Morgan fingerprint density at radius 2 is 1.86 bits per heavy atom. The Kier molecular flexibility index (Phi) is 10.7. The van der Waals surface area contributed by atoms with E-state index in [4.69, 9.17) is 4.74 Å². The lowest BCUT2D eigenvalue weighted by atomic mass is 9.96. The van der Waals surface area contributed by atoms with Gasteiger partial charge in [-0.1, -0.05) is 39.2 Å². The maximum absolute atomic E-state index is 13.3. The number of hydrogen-bond donors (Lipinski definition) is 2. The fraction of sp³-hybridized carbons (Fsp3) is 0.519. The van der Waals surface area contributed by atoms with Crippen molar-refractivity contribution in [2.24, 2.45) is 0 Å². The first-order chi connectivity index (χ1) is 17.0. The molecular formula is C27H36N2O4S2. The molecule has 8 heteroatoms. The molecule has 0 saturated carbocycles. The second kappa shape index (κ2) is 13.7. The number of benzene rings is 1. The van der Waals surface area contributed by atoms with Gasteiger partial charge in [0, 0.05) is 21.9 Å². The van der Waals surface area contributed by atoms with Gasteiger partial charge in [0.25, 0.3) is 0 Å². The van der Waals surface area contributed by atoms with E-state index in [1.165, 1.54) is 41.5 Å². The fourth-order valence-corrected chi connectivity index (χ4v) is 6.51. The molecule has 190 valence electrons. The lowest BCUT2D eigenvalue weighted by Gasteiger charge is -2.16. The second-order valence-corrected chi connectivity index (χ2v) is 11.2. The average molecular weight is 517 g/mol. The Labute approximate surface area is 216 Å². The SMILES string of the molecule is CCCCC(=O)Nc1cccc(SC(CC)C(=O)Nc2sc3c(c2C(=O)OC)CCCCCC3)c1. The van der Waals surface area contributed by atoms with Crippen molar-refractivity contribution in [1.82, 2.24) is 0 Å². The Hall–Kier alpha value is -2.32. The summed E-state index contributed by atoms with van der Waals surface area (Å²) in [6.45, 7) is 4.03. The molecule has 0 spiro atoms. The Morgan fingerprint density at radius 3 is 2.57 bits per heavy atom. The molecule has 0 radical (unpaired) electrons. The summed E-state index contributed by atoms with van der Waals surface area (Å²) in [5, 5.41) is 6.26. The number of unbranched alkanes of at least 4 members (excludes halogenated alkanes) is 1. The number of hydrogen-bond acceptors (Lipinski definition) is 6. The zero-order valence-electron chi connectivity index (χ0n) is 20.9. The Balaban J connectivity index is 1.74. The van der Waals surface area contributed by atoms with Crippen LogP contribution < -0.4 is 10.6 Å². The molecule has 1 aliphatic rings. The molecule has 0 saturated heterocycles. The molecule has 1 unspecified atom stereocenters. The van der Waals surface area contributed by atoms with Crippen molar-refractivity contribution in [1.29, 1.82) is 0 Å². The number of esters is 1. The Morgan fingerprint density at radius 1 is 1.09 bits per heavy atom. The second-order valence-electron chi connectivity index (χ2n) is 8.80. The van der Waals surface area contributed by atoms with Crippen LogP contribution in [0, 0.1) is 0 Å². The summed E-state index contributed by atoms with van der Waals surface area (Å²) in [6, 6.07) is 7.59. The number of rotatable bonds is 10. The molecule has 1 atom stereocenters. The smallest absolute Gasteiger partial charge is 0.341 e. The molecule has 2 amide bonds. The van der Waals surface area contributed by atoms with Crippen molar-refractivity contribution in [3.8, 4) is 0 Å². The average Bonchev–Trinajstić information content (AvgIpc) is 3.16. The fourth-order valence-electron chi connectivity index (χ4n) is 4.21. The van der Waals surface area contributed by atoms with E-state index in [1.807, 2.05) is 31.2 Å². The lowest BCUT2D eigenvalue weighted by molar-refractivity contribution is -0.116. The lowest BCUT2D eigenvalue weighted by Crippen LogP contribution is -2.25. The minimum Gasteiger partial charge on any atom is -0.465 e. The van der Waals surface area contributed by atoms with Crippen molar-refractivity contribution >= 4 is 51.6 Å². The van der Waals surface area contributed by atoms with Crippen molar-refractivity contribution in [3.63, 3.8) is 0 Å². The van der Waals surface area contributed by atoms with Crippen LogP contribution in [0.4, 0.5) is 10.7 Å². The van der Waals surface area contributed by atoms with Crippen LogP contribution in [0.1, 0.15) is 86.0 Å². The number of methoxy groups -OCH3 is 1. The molecule has 1 heterocycles. The first-order valence-corrected chi connectivity index (χ1v) is 14.3. The molecule has 0 fully saturated rings. The van der Waals surface area contributed by atoms with Crippen LogP contribution in [-0.4, -0.2) is 30.1 Å². The van der Waals surface area contributed by atoms with Gasteiger partial charge in [-0.25, -0.2) is 4.79 Å². The highest BCUT2D eigenvalue weighted by Gasteiger charge is 2.28. The summed E-state index contributed by atoms with van der Waals surface area (Å²) in [4.78, 5) is 40.1. The topological polar surface area (TPSA) is 84.5 Å². The van der Waals surface area contributed by atoms with Crippen LogP contribution in [0.2, 0.25) is 0 Å². The first-order valence-electron chi connectivity index (χ1n) is 12.6. The highest BCUT2D eigenvalue weighted by molar-refractivity contribution is 8.00. The molecule has 1 aliphatic carbocycles. The zero-order chi connectivity index (χ0) is 25.2. The van der Waals surface area contributed by atoms with E-state index in [2.05, 4.69) is 17.6 Å². The van der Waals surface area contributed by atoms with Gasteiger partial charge in [-0.2, -0.15) is 0 Å². The molecule has 0 bridgehead atoms. The minimum atomic E-state index is -0.384. The highest BCUT2D eigenvalue weighted by Crippen LogP contribution is 2.38. The molecule has 1 aromatic heterocycles. The number of fused-ring (bicyclic) bond motifs is 1. The van der Waals surface area contributed by atoms with Crippen LogP contribution >= 0.6 is 23.1 Å². The summed E-state index contributed by atoms with van der Waals surface area (Å²) < 4.78 is 5.08. The van der Waals surface area contributed by atoms with Gasteiger partial charge in [0.15, 0.2) is 0 Å². The van der Waals surface area contributed by atoms with Crippen LogP contribution in [0.25, 0.3) is 0 Å². The number of carbonyl (C=O) groups is 3. The normalized spacial score (nSPS) is 14.3. The predicted octanol–water partition coefficient (Wildman–Crippen LogP) is 6.83. The van der Waals surface area contributed by atoms with Gasteiger partial charge in [-0.05, 0) is 62.3 Å². The Bertz CT molecular complexity index is 1030. The van der Waals surface area contributed by atoms with E-state index >= 15 is 0 Å². The number of ether oxygens (including phenoxy) is 1. The third kappa shape index (κ3) is 7.58. The number of aryl methyl sites for hydroxylation is 1. The van der Waals surface area contributed by atoms with Crippen LogP contribution in [0.3, 0.4) is 0 Å². The van der Waals surface area contributed by atoms with Crippen molar-refractivity contribution in [2.45, 2.75) is 88.2 Å². The first kappa shape index (κ1) is 27.3. The quantitative estimate of drug-likeness (QED) is 0.267. The molecular weight excluding hydrogens is 480 g/mol. The van der Waals surface area contributed by atoms with Gasteiger partial charge in [0.1, 0.15) is 5.00 Å². The van der Waals surface area contributed by atoms with Gasteiger partial charge >= 0.3 is 5.97 Å². The summed E-state index contributed by atoms with van der Waals surface area (Å²) in [7, 11) is 1.39. The van der Waals surface area contributed by atoms with E-state index in [9.17, 15) is 14.4 Å². The van der Waals surface area contributed by atoms with Crippen molar-refractivity contribution < 1.29 is 19.1 Å².